The Morgan fingerprint density at radius 1 is 1.29 bits per heavy atom. The van der Waals surface area contributed by atoms with Crippen molar-refractivity contribution in [1.82, 2.24) is 15.5 Å². The first kappa shape index (κ1) is 20.7. The molecular formula is C16H33IN4. The molecule has 0 aromatic rings. The maximum Gasteiger partial charge on any atom is 0.191 e. The van der Waals surface area contributed by atoms with E-state index in [0.29, 0.717) is 0 Å². The largest absolute Gasteiger partial charge is 0.357 e. The van der Waals surface area contributed by atoms with Gasteiger partial charge in [0.1, 0.15) is 0 Å². The monoisotopic (exact) mass is 408 g/mol. The molecule has 0 spiro atoms. The molecule has 5 heteroatoms. The zero-order valence-electron chi connectivity index (χ0n) is 14.0. The molecule has 0 aromatic carbocycles. The predicted molar refractivity (Wildman–Crippen MR) is 104 cm³/mol. The summed E-state index contributed by atoms with van der Waals surface area (Å²) in [6, 6.07) is 0. The van der Waals surface area contributed by atoms with E-state index in [1.54, 1.807) is 5.57 Å². The molecule has 2 N–H and O–H groups in total. The molecule has 0 amide bonds. The molecule has 0 saturated carbocycles. The quantitative estimate of drug-likeness (QED) is 0.213. The fourth-order valence-electron chi connectivity index (χ4n) is 2.39. The molecule has 0 heterocycles. The lowest BCUT2D eigenvalue weighted by molar-refractivity contribution is 0.403. The molecule has 21 heavy (non-hydrogen) atoms. The van der Waals surface area contributed by atoms with Gasteiger partial charge in [-0.2, -0.15) is 0 Å². The van der Waals surface area contributed by atoms with Crippen molar-refractivity contribution in [2.75, 3.05) is 40.3 Å². The minimum Gasteiger partial charge on any atom is -0.357 e. The van der Waals surface area contributed by atoms with Crippen LogP contribution in [0.25, 0.3) is 0 Å². The third kappa shape index (κ3) is 11.0. The van der Waals surface area contributed by atoms with Crippen LogP contribution < -0.4 is 10.6 Å². The van der Waals surface area contributed by atoms with E-state index in [2.05, 4.69) is 47.6 Å². The third-order valence-corrected chi connectivity index (χ3v) is 3.50. The zero-order valence-corrected chi connectivity index (χ0v) is 16.3. The van der Waals surface area contributed by atoms with Gasteiger partial charge in [-0.1, -0.05) is 11.6 Å². The summed E-state index contributed by atoms with van der Waals surface area (Å²) in [7, 11) is 4.20. The Morgan fingerprint density at radius 3 is 2.71 bits per heavy atom. The molecule has 0 saturated heterocycles. The van der Waals surface area contributed by atoms with Crippen molar-refractivity contribution in [2.45, 2.75) is 45.4 Å². The molecule has 0 fully saturated rings. The Morgan fingerprint density at radius 2 is 2.10 bits per heavy atom. The van der Waals surface area contributed by atoms with Gasteiger partial charge in [0.25, 0.3) is 0 Å². The number of nitrogens with zero attached hydrogens (tertiary/aromatic N) is 2. The molecule has 124 valence electrons. The molecule has 1 aliphatic rings. The molecule has 0 radical (unpaired) electrons. The summed E-state index contributed by atoms with van der Waals surface area (Å²) in [4.78, 5) is 6.82. The van der Waals surface area contributed by atoms with Crippen molar-refractivity contribution in [3.05, 3.63) is 11.6 Å². The minimum absolute atomic E-state index is 0. The van der Waals surface area contributed by atoms with Crippen LogP contribution >= 0.6 is 24.0 Å². The highest BCUT2D eigenvalue weighted by Crippen LogP contribution is 2.19. The van der Waals surface area contributed by atoms with Gasteiger partial charge < -0.3 is 15.5 Å². The van der Waals surface area contributed by atoms with E-state index in [4.69, 9.17) is 0 Å². The molecular weight excluding hydrogens is 375 g/mol. The number of guanidine groups is 1. The van der Waals surface area contributed by atoms with Gasteiger partial charge in [0.15, 0.2) is 5.96 Å². The van der Waals surface area contributed by atoms with Gasteiger partial charge in [-0.3, -0.25) is 4.99 Å². The van der Waals surface area contributed by atoms with E-state index in [1.165, 1.54) is 25.7 Å². The second kappa shape index (κ2) is 13.4. The molecule has 0 aliphatic heterocycles. The fourth-order valence-corrected chi connectivity index (χ4v) is 2.39. The molecule has 1 rings (SSSR count). The van der Waals surface area contributed by atoms with Gasteiger partial charge in [-0.25, -0.2) is 0 Å². The van der Waals surface area contributed by atoms with Crippen molar-refractivity contribution in [3.63, 3.8) is 0 Å². The topological polar surface area (TPSA) is 39.7 Å². The lowest BCUT2D eigenvalue weighted by Gasteiger charge is -2.15. The SMILES string of the molecule is CCNC(=NCCCN(C)C)NCCC1=CCCCC1.I. The second-order valence-corrected chi connectivity index (χ2v) is 5.70. The Balaban J connectivity index is 0.00000400. The predicted octanol–water partition coefficient (Wildman–Crippen LogP) is 3.00. The van der Waals surface area contributed by atoms with Crippen LogP contribution in [-0.2, 0) is 0 Å². The Labute approximate surface area is 147 Å². The van der Waals surface area contributed by atoms with Crippen LogP contribution in [0.2, 0.25) is 0 Å². The highest BCUT2D eigenvalue weighted by atomic mass is 127. The number of rotatable bonds is 8. The van der Waals surface area contributed by atoms with E-state index < -0.39 is 0 Å². The molecule has 4 nitrogen and oxygen atoms in total. The Bertz CT molecular complexity index is 313. The summed E-state index contributed by atoms with van der Waals surface area (Å²) < 4.78 is 0. The van der Waals surface area contributed by atoms with Crippen LogP contribution in [0.4, 0.5) is 0 Å². The maximum absolute atomic E-state index is 4.62. The van der Waals surface area contributed by atoms with Crippen LogP contribution in [0, 0.1) is 0 Å². The van der Waals surface area contributed by atoms with E-state index in [9.17, 15) is 0 Å². The molecule has 1 aliphatic carbocycles. The number of halogens is 1. The first-order valence-corrected chi connectivity index (χ1v) is 8.07. The third-order valence-electron chi connectivity index (χ3n) is 3.50. The van der Waals surface area contributed by atoms with Gasteiger partial charge in [0, 0.05) is 19.6 Å². The average molecular weight is 408 g/mol. The van der Waals surface area contributed by atoms with Gasteiger partial charge in [0.05, 0.1) is 0 Å². The summed E-state index contributed by atoms with van der Waals surface area (Å²) in [5, 5.41) is 6.75. The van der Waals surface area contributed by atoms with Crippen LogP contribution in [-0.4, -0.2) is 51.1 Å². The van der Waals surface area contributed by atoms with E-state index in [0.717, 1.165) is 45.0 Å². The zero-order chi connectivity index (χ0) is 14.6. The summed E-state index contributed by atoms with van der Waals surface area (Å²) in [5.41, 5.74) is 1.62. The molecule has 0 unspecified atom stereocenters. The van der Waals surface area contributed by atoms with Crippen molar-refractivity contribution < 1.29 is 0 Å². The van der Waals surface area contributed by atoms with Gasteiger partial charge in [-0.15, -0.1) is 24.0 Å². The smallest absolute Gasteiger partial charge is 0.191 e. The molecule has 0 aromatic heterocycles. The van der Waals surface area contributed by atoms with E-state index >= 15 is 0 Å². The Hall–Kier alpha value is -0.300. The number of hydrogen-bond donors (Lipinski definition) is 2. The normalized spacial score (nSPS) is 15.4. The van der Waals surface area contributed by atoms with E-state index in [1.807, 2.05) is 0 Å². The summed E-state index contributed by atoms with van der Waals surface area (Å²) in [6.07, 6.45) is 9.98. The summed E-state index contributed by atoms with van der Waals surface area (Å²) in [6.45, 7) is 6.00. The standard InChI is InChI=1S/C16H32N4.HI/c1-4-17-16(18-12-8-14-20(2)3)19-13-11-15-9-6-5-7-10-15;/h9H,4-8,10-14H2,1-3H3,(H2,17,18,19);1H. The summed E-state index contributed by atoms with van der Waals surface area (Å²) in [5.74, 6) is 0.961. The highest BCUT2D eigenvalue weighted by Gasteiger charge is 2.03. The van der Waals surface area contributed by atoms with Gasteiger partial charge in [-0.05, 0) is 66.1 Å². The summed E-state index contributed by atoms with van der Waals surface area (Å²) >= 11 is 0. The van der Waals surface area contributed by atoms with Crippen LogP contribution in [0.5, 0.6) is 0 Å². The Kier molecular flexibility index (Phi) is 13.2. The van der Waals surface area contributed by atoms with Crippen molar-refractivity contribution in [3.8, 4) is 0 Å². The van der Waals surface area contributed by atoms with Crippen molar-refractivity contribution >= 4 is 29.9 Å². The van der Waals surface area contributed by atoms with Gasteiger partial charge >= 0.3 is 0 Å². The lowest BCUT2D eigenvalue weighted by atomic mass is 9.97. The number of allylic oxidation sites excluding steroid dienone is 1. The average Bonchev–Trinajstić information content (AvgIpc) is 2.44. The lowest BCUT2D eigenvalue weighted by Crippen LogP contribution is -2.38. The van der Waals surface area contributed by atoms with Crippen LogP contribution in [0.15, 0.2) is 16.6 Å². The highest BCUT2D eigenvalue weighted by molar-refractivity contribution is 14.0. The van der Waals surface area contributed by atoms with E-state index in [-0.39, 0.29) is 24.0 Å². The van der Waals surface area contributed by atoms with Crippen molar-refractivity contribution in [2.24, 2.45) is 4.99 Å². The number of aliphatic imine (C=N–C) groups is 1. The molecule has 0 bridgehead atoms. The van der Waals surface area contributed by atoms with Crippen LogP contribution in [0.1, 0.15) is 45.4 Å². The molecule has 0 atom stereocenters. The number of nitrogens with one attached hydrogen (secondary N) is 2. The fraction of sp³-hybridized carbons (Fsp3) is 0.812. The first-order valence-electron chi connectivity index (χ1n) is 8.07. The second-order valence-electron chi connectivity index (χ2n) is 5.70. The minimum atomic E-state index is 0. The maximum atomic E-state index is 4.62. The number of hydrogen-bond acceptors (Lipinski definition) is 2. The van der Waals surface area contributed by atoms with Gasteiger partial charge in [0.2, 0.25) is 0 Å². The van der Waals surface area contributed by atoms with Crippen molar-refractivity contribution in [1.29, 1.82) is 0 Å². The van der Waals surface area contributed by atoms with Crippen LogP contribution in [0.3, 0.4) is 0 Å². The first-order chi connectivity index (χ1) is 9.72.